The molecule has 3 aromatic rings. The number of amides is 2. The fraction of sp³-hybridized carbons (Fsp3) is 0.286. The zero-order valence-electron chi connectivity index (χ0n) is 19.2. The van der Waals surface area contributed by atoms with Crippen LogP contribution in [0.25, 0.3) is 0 Å². The zero-order chi connectivity index (χ0) is 23.5. The van der Waals surface area contributed by atoms with E-state index in [1.807, 2.05) is 80.3 Å². The summed E-state index contributed by atoms with van der Waals surface area (Å²) in [7, 11) is 0. The van der Waals surface area contributed by atoms with Crippen LogP contribution in [0.5, 0.6) is 0 Å². The van der Waals surface area contributed by atoms with Crippen molar-refractivity contribution >= 4 is 23.2 Å². The number of fused-ring (bicyclic) bond motifs is 1. The molecule has 0 N–H and O–H groups in total. The van der Waals surface area contributed by atoms with Gasteiger partial charge in [-0.05, 0) is 67.3 Å². The van der Waals surface area contributed by atoms with Gasteiger partial charge in [0.2, 0.25) is 5.91 Å². The second-order valence-corrected chi connectivity index (χ2v) is 9.04. The van der Waals surface area contributed by atoms with Crippen molar-refractivity contribution < 1.29 is 14.0 Å². The van der Waals surface area contributed by atoms with E-state index in [4.69, 9.17) is 0 Å². The summed E-state index contributed by atoms with van der Waals surface area (Å²) in [5.41, 5.74) is 3.02. The fourth-order valence-corrected chi connectivity index (χ4v) is 4.60. The second-order valence-electron chi connectivity index (χ2n) is 9.04. The van der Waals surface area contributed by atoms with Crippen LogP contribution < -0.4 is 9.80 Å². The first kappa shape index (κ1) is 22.7. The Labute approximate surface area is 194 Å². The number of benzene rings is 3. The Kier molecular flexibility index (Phi) is 6.59. The molecule has 1 heterocycles. The summed E-state index contributed by atoms with van der Waals surface area (Å²) in [4.78, 5) is 30.6. The van der Waals surface area contributed by atoms with Crippen LogP contribution in [0.15, 0.2) is 78.9 Å². The van der Waals surface area contributed by atoms with Crippen molar-refractivity contribution in [1.29, 1.82) is 0 Å². The summed E-state index contributed by atoms with van der Waals surface area (Å²) < 4.78 is 13.4. The van der Waals surface area contributed by atoms with Gasteiger partial charge in [0.15, 0.2) is 0 Å². The van der Waals surface area contributed by atoms with Crippen molar-refractivity contribution in [2.24, 2.45) is 5.92 Å². The summed E-state index contributed by atoms with van der Waals surface area (Å²) in [6.07, 6.45) is 1.04. The Morgan fingerprint density at radius 2 is 1.61 bits per heavy atom. The zero-order valence-corrected chi connectivity index (χ0v) is 19.2. The van der Waals surface area contributed by atoms with Gasteiger partial charge in [0.25, 0.3) is 5.91 Å². The van der Waals surface area contributed by atoms with Crippen LogP contribution in [0.4, 0.5) is 15.8 Å². The number of halogens is 1. The number of carbonyl (C=O) groups excluding carboxylic acids is 2. The molecule has 2 atom stereocenters. The molecule has 0 unspecified atom stereocenters. The van der Waals surface area contributed by atoms with E-state index in [0.29, 0.717) is 18.4 Å². The van der Waals surface area contributed by atoms with Crippen molar-refractivity contribution in [3.05, 3.63) is 95.8 Å². The minimum absolute atomic E-state index is 0.0708. The minimum atomic E-state index is -0.374. The Morgan fingerprint density at radius 3 is 2.27 bits per heavy atom. The van der Waals surface area contributed by atoms with Crippen molar-refractivity contribution in [3.8, 4) is 0 Å². The molecule has 0 bridgehead atoms. The molecule has 0 aliphatic carbocycles. The van der Waals surface area contributed by atoms with Gasteiger partial charge in [-0.3, -0.25) is 9.59 Å². The lowest BCUT2D eigenvalue weighted by molar-refractivity contribution is -0.119. The number of hydrogen-bond acceptors (Lipinski definition) is 2. The third-order valence-electron chi connectivity index (χ3n) is 6.07. The van der Waals surface area contributed by atoms with Crippen LogP contribution in [0.3, 0.4) is 0 Å². The van der Waals surface area contributed by atoms with Crippen LogP contribution >= 0.6 is 0 Å². The topological polar surface area (TPSA) is 40.6 Å². The molecule has 4 rings (SSSR count). The third-order valence-corrected chi connectivity index (χ3v) is 6.07. The first-order chi connectivity index (χ1) is 15.9. The van der Waals surface area contributed by atoms with Gasteiger partial charge in [-0.1, -0.05) is 50.2 Å². The van der Waals surface area contributed by atoms with Gasteiger partial charge in [0.1, 0.15) is 5.82 Å². The van der Waals surface area contributed by atoms with E-state index in [-0.39, 0.29) is 35.6 Å². The van der Waals surface area contributed by atoms with Crippen molar-refractivity contribution in [2.75, 3.05) is 9.80 Å². The molecular weight excluding hydrogens is 415 g/mol. The van der Waals surface area contributed by atoms with Gasteiger partial charge in [0, 0.05) is 29.4 Å². The van der Waals surface area contributed by atoms with Gasteiger partial charge >= 0.3 is 0 Å². The number of rotatable bonds is 5. The van der Waals surface area contributed by atoms with E-state index >= 15 is 0 Å². The Hall–Kier alpha value is -3.47. The summed E-state index contributed by atoms with van der Waals surface area (Å²) in [6.45, 7) is 6.09. The van der Waals surface area contributed by atoms with Crippen molar-refractivity contribution in [1.82, 2.24) is 0 Å². The molecule has 3 aromatic carbocycles. The average Bonchev–Trinajstić information content (AvgIpc) is 2.79. The molecule has 0 aromatic heterocycles. The number of carbonyl (C=O) groups is 2. The summed E-state index contributed by atoms with van der Waals surface area (Å²) in [5.74, 6) is -0.243. The molecule has 0 saturated heterocycles. The SMILES string of the molecule is CC(C)CC(=O)N(c1ccccc1)[C@H]1C[C@@H](C)N(C(=O)c2ccc(F)cc2)c2ccccc21. The number of nitrogens with zero attached hydrogens (tertiary/aromatic N) is 2. The van der Waals surface area contributed by atoms with E-state index in [1.54, 1.807) is 4.90 Å². The molecule has 2 amide bonds. The van der Waals surface area contributed by atoms with Gasteiger partial charge in [-0.25, -0.2) is 4.39 Å². The first-order valence-corrected chi connectivity index (χ1v) is 11.4. The van der Waals surface area contributed by atoms with E-state index in [1.165, 1.54) is 24.3 Å². The predicted molar refractivity (Wildman–Crippen MR) is 130 cm³/mol. The van der Waals surface area contributed by atoms with Crippen molar-refractivity contribution in [2.45, 2.75) is 45.7 Å². The lowest BCUT2D eigenvalue weighted by Gasteiger charge is -2.43. The van der Waals surface area contributed by atoms with E-state index in [9.17, 15) is 14.0 Å². The third kappa shape index (κ3) is 4.68. The largest absolute Gasteiger partial charge is 0.305 e. The smallest absolute Gasteiger partial charge is 0.258 e. The summed E-state index contributed by atoms with van der Waals surface area (Å²) in [5, 5.41) is 0. The molecule has 0 radical (unpaired) electrons. The molecular formula is C28H29FN2O2. The predicted octanol–water partition coefficient (Wildman–Crippen LogP) is 6.39. The molecule has 5 heteroatoms. The van der Waals surface area contributed by atoms with Crippen LogP contribution in [0, 0.1) is 11.7 Å². The molecule has 0 spiro atoms. The standard InChI is InChI=1S/C28H29FN2O2/c1-19(2)17-27(32)31(23-9-5-4-6-10-23)26-18-20(3)30(25-12-8-7-11-24(25)26)28(33)21-13-15-22(29)16-14-21/h4-16,19-20,26H,17-18H2,1-3H3/t20-,26+/m1/s1. The lowest BCUT2D eigenvalue weighted by Crippen LogP contribution is -2.48. The number of hydrogen-bond donors (Lipinski definition) is 0. The van der Waals surface area contributed by atoms with E-state index in [0.717, 1.165) is 16.9 Å². The van der Waals surface area contributed by atoms with Crippen LogP contribution in [-0.2, 0) is 4.79 Å². The Morgan fingerprint density at radius 1 is 0.970 bits per heavy atom. The molecule has 0 fully saturated rings. The van der Waals surface area contributed by atoms with Gasteiger partial charge in [0.05, 0.1) is 6.04 Å². The Bertz CT molecular complexity index is 1130. The maximum Gasteiger partial charge on any atom is 0.258 e. The number of para-hydroxylation sites is 2. The van der Waals surface area contributed by atoms with Gasteiger partial charge in [-0.15, -0.1) is 0 Å². The lowest BCUT2D eigenvalue weighted by atomic mass is 9.89. The van der Waals surface area contributed by atoms with E-state index < -0.39 is 0 Å². The van der Waals surface area contributed by atoms with Crippen LogP contribution in [0.1, 0.15) is 55.6 Å². The van der Waals surface area contributed by atoms with Gasteiger partial charge < -0.3 is 9.80 Å². The number of anilines is 2. The second kappa shape index (κ2) is 9.57. The highest BCUT2D eigenvalue weighted by molar-refractivity contribution is 6.07. The summed E-state index contributed by atoms with van der Waals surface area (Å²) >= 11 is 0. The van der Waals surface area contributed by atoms with Gasteiger partial charge in [-0.2, -0.15) is 0 Å². The molecule has 170 valence electrons. The van der Waals surface area contributed by atoms with Crippen LogP contribution in [-0.4, -0.2) is 17.9 Å². The molecule has 33 heavy (non-hydrogen) atoms. The van der Waals surface area contributed by atoms with E-state index in [2.05, 4.69) is 0 Å². The minimum Gasteiger partial charge on any atom is -0.305 e. The Balaban J connectivity index is 1.77. The summed E-state index contributed by atoms with van der Waals surface area (Å²) in [6, 6.07) is 22.8. The fourth-order valence-electron chi connectivity index (χ4n) is 4.60. The highest BCUT2D eigenvalue weighted by Gasteiger charge is 2.38. The van der Waals surface area contributed by atoms with Crippen molar-refractivity contribution in [3.63, 3.8) is 0 Å². The molecule has 4 nitrogen and oxygen atoms in total. The van der Waals surface area contributed by atoms with Crippen LogP contribution in [0.2, 0.25) is 0 Å². The normalized spacial score (nSPS) is 17.5. The maximum atomic E-state index is 13.4. The monoisotopic (exact) mass is 444 g/mol. The average molecular weight is 445 g/mol. The maximum absolute atomic E-state index is 13.4. The molecule has 0 saturated carbocycles. The first-order valence-electron chi connectivity index (χ1n) is 11.4. The molecule has 1 aliphatic rings. The molecule has 1 aliphatic heterocycles. The highest BCUT2D eigenvalue weighted by atomic mass is 19.1. The highest BCUT2D eigenvalue weighted by Crippen LogP contribution is 2.43. The quantitative estimate of drug-likeness (QED) is 0.458.